The largest absolute Gasteiger partial charge is 0.472 e. The third kappa shape index (κ3) is 40.0. The molecule has 0 aromatic heterocycles. The number of aliphatic hydroxyl groups is 1. The van der Waals surface area contributed by atoms with Gasteiger partial charge in [0.2, 0.25) is 5.91 Å². The van der Waals surface area contributed by atoms with Gasteiger partial charge in [-0.05, 0) is 64.2 Å². The highest BCUT2D eigenvalue weighted by molar-refractivity contribution is 7.47. The first-order valence-corrected chi connectivity index (χ1v) is 23.6. The first kappa shape index (κ1) is 52.9. The molecule has 0 fully saturated rings. The molecule has 9 heteroatoms. The van der Waals surface area contributed by atoms with Gasteiger partial charge in [0.1, 0.15) is 0 Å². The number of hydrogen-bond acceptors (Lipinski definition) is 6. The molecule has 0 saturated heterocycles. The second-order valence-electron chi connectivity index (χ2n) is 14.5. The minimum absolute atomic E-state index is 0.0730. The molecule has 1 amide bonds. The van der Waals surface area contributed by atoms with E-state index in [0.717, 1.165) is 83.5 Å². The lowest BCUT2D eigenvalue weighted by atomic mass is 10.0. The molecule has 8 nitrogen and oxygen atoms in total. The van der Waals surface area contributed by atoms with Gasteiger partial charge in [-0.15, -0.1) is 0 Å². The predicted molar refractivity (Wildman–Crippen MR) is 235 cm³/mol. The molecule has 5 N–H and O–H groups in total. The van der Waals surface area contributed by atoms with Crippen molar-refractivity contribution in [3.63, 3.8) is 0 Å². The molecule has 0 rings (SSSR count). The zero-order valence-electron chi connectivity index (χ0n) is 35.1. The highest BCUT2D eigenvalue weighted by atomic mass is 31.2. The Kier molecular flexibility index (Phi) is 40.0. The van der Waals surface area contributed by atoms with E-state index in [1.165, 1.54) is 77.0 Å². The summed E-state index contributed by atoms with van der Waals surface area (Å²) in [6.45, 7) is 3.99. The smallest absolute Gasteiger partial charge is 0.387 e. The van der Waals surface area contributed by atoms with Crippen LogP contribution in [0, 0.1) is 0 Å². The number of nitrogens with one attached hydrogen (secondary N) is 1. The number of carbonyl (C=O) groups is 1. The van der Waals surface area contributed by atoms with E-state index in [4.69, 9.17) is 14.8 Å². The van der Waals surface area contributed by atoms with E-state index in [1.807, 2.05) is 6.08 Å². The second-order valence-corrected chi connectivity index (χ2v) is 16.0. The van der Waals surface area contributed by atoms with Crippen LogP contribution in [-0.4, -0.2) is 47.8 Å². The predicted octanol–water partition coefficient (Wildman–Crippen LogP) is 12.4. The van der Waals surface area contributed by atoms with Crippen LogP contribution in [0.3, 0.4) is 0 Å². The number of aliphatic hydroxyl groups excluding tert-OH is 1. The van der Waals surface area contributed by atoms with Crippen molar-refractivity contribution in [3.05, 3.63) is 72.9 Å². The van der Waals surface area contributed by atoms with Crippen molar-refractivity contribution in [1.29, 1.82) is 0 Å². The van der Waals surface area contributed by atoms with Crippen LogP contribution < -0.4 is 11.1 Å². The molecule has 0 aromatic rings. The Labute approximate surface area is 337 Å². The molecule has 0 saturated carbocycles. The van der Waals surface area contributed by atoms with E-state index in [-0.39, 0.29) is 25.7 Å². The summed E-state index contributed by atoms with van der Waals surface area (Å²) in [5, 5.41) is 13.7. The maximum atomic E-state index is 12.8. The normalized spacial score (nSPS) is 14.8. The quantitative estimate of drug-likeness (QED) is 0.0276. The molecule has 3 unspecified atom stereocenters. The summed E-state index contributed by atoms with van der Waals surface area (Å²) in [4.78, 5) is 22.7. The Morgan fingerprint density at radius 1 is 0.618 bits per heavy atom. The Morgan fingerprint density at radius 3 is 1.55 bits per heavy atom. The van der Waals surface area contributed by atoms with E-state index in [9.17, 15) is 19.4 Å². The number of phosphoric acid groups is 1. The number of phosphoric ester groups is 1. The molecular weight excluding hydrogens is 707 g/mol. The van der Waals surface area contributed by atoms with Gasteiger partial charge in [-0.2, -0.15) is 0 Å². The number of hydrogen-bond donors (Lipinski definition) is 4. The van der Waals surface area contributed by atoms with E-state index in [0.29, 0.717) is 6.42 Å². The molecule has 0 bridgehead atoms. The Bertz CT molecular complexity index is 1090. The SMILES string of the molecule is CC/C=C\C/C=C\C/C=C\C/C=C\C/C=C\CCCCCCCCCC(=O)NC(COP(=O)(O)OCCN)C(O)/C=C/CCCCCCCCCCCCC. The lowest BCUT2D eigenvalue weighted by molar-refractivity contribution is -0.123. The summed E-state index contributed by atoms with van der Waals surface area (Å²) in [6, 6.07) is -0.869. The number of unbranched alkanes of at least 4 members (excludes halogenated alkanes) is 18. The third-order valence-electron chi connectivity index (χ3n) is 9.29. The van der Waals surface area contributed by atoms with Crippen LogP contribution in [0.25, 0.3) is 0 Å². The second kappa shape index (κ2) is 41.6. The van der Waals surface area contributed by atoms with Crippen molar-refractivity contribution in [1.82, 2.24) is 5.32 Å². The van der Waals surface area contributed by atoms with Gasteiger partial charge < -0.3 is 21.1 Å². The topological polar surface area (TPSA) is 131 Å². The zero-order chi connectivity index (χ0) is 40.3. The summed E-state index contributed by atoms with van der Waals surface area (Å²) < 4.78 is 22.1. The summed E-state index contributed by atoms with van der Waals surface area (Å²) in [6.07, 6.45) is 53.7. The lowest BCUT2D eigenvalue weighted by Gasteiger charge is -2.23. The summed E-state index contributed by atoms with van der Waals surface area (Å²) in [5.41, 5.74) is 5.37. The van der Waals surface area contributed by atoms with Crippen LogP contribution in [0.1, 0.15) is 181 Å². The van der Waals surface area contributed by atoms with Crippen molar-refractivity contribution in [3.8, 4) is 0 Å². The highest BCUT2D eigenvalue weighted by Crippen LogP contribution is 2.43. The van der Waals surface area contributed by atoms with E-state index < -0.39 is 20.0 Å². The van der Waals surface area contributed by atoms with Gasteiger partial charge in [-0.1, -0.05) is 183 Å². The number of carbonyl (C=O) groups excluding carboxylic acids is 1. The maximum absolute atomic E-state index is 12.8. The first-order chi connectivity index (χ1) is 26.9. The van der Waals surface area contributed by atoms with Crippen LogP contribution in [0.5, 0.6) is 0 Å². The standard InChI is InChI=1S/C46H83N2O6P/c1-3-5-7-9-11-13-15-17-18-19-20-21-22-23-24-25-26-28-30-32-34-36-38-40-46(50)48-44(43-54-55(51,52)53-42-41-47)45(49)39-37-35-33-31-29-27-16-14-12-10-8-6-4-2/h5,7,11,13,17-18,20-21,23-24,37,39,44-45,49H,3-4,6,8-10,12,14-16,19,22,25-36,38,40-43,47H2,1-2H3,(H,48,50)(H,51,52)/b7-5-,13-11-,18-17-,21-20-,24-23-,39-37+. The Hall–Kier alpha value is -2.06. The molecule has 0 heterocycles. The average molecular weight is 791 g/mol. The summed E-state index contributed by atoms with van der Waals surface area (Å²) in [5.74, 6) is -0.209. The average Bonchev–Trinajstić information content (AvgIpc) is 3.17. The fourth-order valence-corrected chi connectivity index (χ4v) is 6.74. The van der Waals surface area contributed by atoms with Crippen LogP contribution in [0.4, 0.5) is 0 Å². The monoisotopic (exact) mass is 791 g/mol. The third-order valence-corrected chi connectivity index (χ3v) is 10.3. The lowest BCUT2D eigenvalue weighted by Crippen LogP contribution is -2.45. The highest BCUT2D eigenvalue weighted by Gasteiger charge is 2.26. The van der Waals surface area contributed by atoms with Gasteiger partial charge in [-0.3, -0.25) is 13.8 Å². The first-order valence-electron chi connectivity index (χ1n) is 22.1. The van der Waals surface area contributed by atoms with Crippen molar-refractivity contribution >= 4 is 13.7 Å². The molecule has 0 spiro atoms. The minimum atomic E-state index is -4.34. The molecule has 55 heavy (non-hydrogen) atoms. The van der Waals surface area contributed by atoms with Gasteiger partial charge >= 0.3 is 7.82 Å². The van der Waals surface area contributed by atoms with Crippen LogP contribution in [0.15, 0.2) is 72.9 Å². The molecule has 0 aliphatic rings. The van der Waals surface area contributed by atoms with Crippen LogP contribution in [0.2, 0.25) is 0 Å². The number of allylic oxidation sites excluding steroid dienone is 11. The molecule has 0 aliphatic heterocycles. The van der Waals surface area contributed by atoms with Gasteiger partial charge in [-0.25, -0.2) is 4.57 Å². The van der Waals surface area contributed by atoms with Gasteiger partial charge in [0, 0.05) is 13.0 Å². The summed E-state index contributed by atoms with van der Waals surface area (Å²) >= 11 is 0. The van der Waals surface area contributed by atoms with Gasteiger partial charge in [0.15, 0.2) is 0 Å². The molecule has 0 aliphatic carbocycles. The number of amides is 1. The molecule has 0 aromatic carbocycles. The molecule has 318 valence electrons. The number of nitrogens with two attached hydrogens (primary N) is 1. The van der Waals surface area contributed by atoms with Crippen LogP contribution >= 0.6 is 7.82 Å². The fourth-order valence-electron chi connectivity index (χ4n) is 5.98. The molecule has 3 atom stereocenters. The maximum Gasteiger partial charge on any atom is 0.472 e. The Morgan fingerprint density at radius 2 is 1.05 bits per heavy atom. The van der Waals surface area contributed by atoms with Crippen molar-refractivity contribution in [2.75, 3.05) is 19.8 Å². The van der Waals surface area contributed by atoms with Crippen molar-refractivity contribution < 1.29 is 28.4 Å². The van der Waals surface area contributed by atoms with Crippen molar-refractivity contribution in [2.45, 2.75) is 193 Å². The number of rotatable bonds is 40. The van der Waals surface area contributed by atoms with E-state index >= 15 is 0 Å². The fraction of sp³-hybridized carbons (Fsp3) is 0.717. The van der Waals surface area contributed by atoms with E-state index in [1.54, 1.807) is 6.08 Å². The summed E-state index contributed by atoms with van der Waals surface area (Å²) in [7, 11) is -4.34. The Balaban J connectivity index is 4.20. The molecule has 0 radical (unpaired) electrons. The van der Waals surface area contributed by atoms with Crippen LogP contribution in [-0.2, 0) is 18.4 Å². The van der Waals surface area contributed by atoms with Gasteiger partial charge in [0.25, 0.3) is 0 Å². The van der Waals surface area contributed by atoms with E-state index in [2.05, 4.69) is 79.9 Å². The van der Waals surface area contributed by atoms with Crippen molar-refractivity contribution in [2.24, 2.45) is 5.73 Å². The minimum Gasteiger partial charge on any atom is -0.387 e. The molecular formula is C46H83N2O6P. The zero-order valence-corrected chi connectivity index (χ0v) is 36.0. The van der Waals surface area contributed by atoms with Gasteiger partial charge in [0.05, 0.1) is 25.4 Å².